The average molecular weight is 344 g/mol. The van der Waals surface area contributed by atoms with Crippen molar-refractivity contribution in [1.82, 2.24) is 8.61 Å². The van der Waals surface area contributed by atoms with Crippen molar-refractivity contribution in [2.45, 2.75) is 18.4 Å². The number of hydrogen-bond donors (Lipinski definition) is 1. The molecule has 8 heteroatoms. The summed E-state index contributed by atoms with van der Waals surface area (Å²) in [4.78, 5) is 0. The van der Waals surface area contributed by atoms with Gasteiger partial charge in [0, 0.05) is 31.6 Å². The van der Waals surface area contributed by atoms with Crippen LogP contribution in [0, 0.1) is 5.82 Å². The number of hydrogen-bond acceptors (Lipinski definition) is 4. The molecule has 1 aromatic rings. The summed E-state index contributed by atoms with van der Waals surface area (Å²) in [5, 5.41) is 9.59. The van der Waals surface area contributed by atoms with E-state index < -0.39 is 16.3 Å². The number of morpholine rings is 1. The van der Waals surface area contributed by atoms with Crippen molar-refractivity contribution in [1.29, 1.82) is 0 Å². The molecular formula is C15H21FN2O4S. The molecule has 1 aromatic carbocycles. The zero-order valence-electron chi connectivity index (χ0n) is 12.8. The molecule has 2 unspecified atom stereocenters. The zero-order valence-corrected chi connectivity index (χ0v) is 13.6. The molecule has 2 saturated heterocycles. The minimum absolute atomic E-state index is 0.186. The maximum absolute atomic E-state index is 14.0. The van der Waals surface area contributed by atoms with Gasteiger partial charge in [0.1, 0.15) is 5.82 Å². The van der Waals surface area contributed by atoms with E-state index in [0.29, 0.717) is 38.3 Å². The molecule has 3 rings (SSSR count). The minimum atomic E-state index is -3.67. The maximum Gasteiger partial charge on any atom is 0.282 e. The molecule has 23 heavy (non-hydrogen) atoms. The van der Waals surface area contributed by atoms with Gasteiger partial charge in [-0.15, -0.1) is 0 Å². The first-order valence-corrected chi connectivity index (χ1v) is 9.13. The first-order chi connectivity index (χ1) is 11.0. The second-order valence-corrected chi connectivity index (χ2v) is 7.76. The lowest BCUT2D eigenvalue weighted by Gasteiger charge is -2.32. The molecule has 0 bridgehead atoms. The van der Waals surface area contributed by atoms with Crippen molar-refractivity contribution in [2.75, 3.05) is 39.5 Å². The Morgan fingerprint density at radius 2 is 1.96 bits per heavy atom. The van der Waals surface area contributed by atoms with Crippen molar-refractivity contribution in [3.05, 3.63) is 35.6 Å². The first-order valence-electron chi connectivity index (χ1n) is 7.74. The van der Waals surface area contributed by atoms with E-state index in [1.165, 1.54) is 14.7 Å². The van der Waals surface area contributed by atoms with Crippen LogP contribution in [-0.2, 0) is 14.9 Å². The summed E-state index contributed by atoms with van der Waals surface area (Å²) in [5.74, 6) is -0.580. The van der Waals surface area contributed by atoms with Crippen molar-refractivity contribution in [3.8, 4) is 0 Å². The van der Waals surface area contributed by atoms with Gasteiger partial charge in [-0.1, -0.05) is 18.2 Å². The largest absolute Gasteiger partial charge is 0.395 e. The molecule has 0 aliphatic carbocycles. The van der Waals surface area contributed by atoms with Crippen LogP contribution < -0.4 is 0 Å². The first kappa shape index (κ1) is 16.8. The van der Waals surface area contributed by atoms with Gasteiger partial charge in [0.25, 0.3) is 10.2 Å². The number of benzene rings is 1. The van der Waals surface area contributed by atoms with E-state index in [0.717, 1.165) is 0 Å². The van der Waals surface area contributed by atoms with Gasteiger partial charge in [-0.25, -0.2) is 4.39 Å². The van der Waals surface area contributed by atoms with Crippen LogP contribution in [0.1, 0.15) is 17.9 Å². The highest BCUT2D eigenvalue weighted by atomic mass is 32.2. The van der Waals surface area contributed by atoms with Crippen molar-refractivity contribution >= 4 is 10.2 Å². The summed E-state index contributed by atoms with van der Waals surface area (Å²) in [6, 6.07) is 5.89. The molecule has 0 radical (unpaired) electrons. The second-order valence-electron chi connectivity index (χ2n) is 5.88. The van der Waals surface area contributed by atoms with Gasteiger partial charge in [0.05, 0.1) is 19.8 Å². The Balaban J connectivity index is 1.83. The van der Waals surface area contributed by atoms with E-state index in [1.807, 2.05) is 0 Å². The van der Waals surface area contributed by atoms with Crippen LogP contribution >= 0.6 is 0 Å². The minimum Gasteiger partial charge on any atom is -0.395 e. The van der Waals surface area contributed by atoms with Gasteiger partial charge >= 0.3 is 0 Å². The van der Waals surface area contributed by atoms with E-state index in [1.54, 1.807) is 18.2 Å². The molecule has 128 valence electrons. The van der Waals surface area contributed by atoms with Crippen LogP contribution in [-0.4, -0.2) is 67.6 Å². The molecule has 2 heterocycles. The summed E-state index contributed by atoms with van der Waals surface area (Å²) in [5.41, 5.74) is 0.505. The standard InChI is InChI=1S/C15H21FN2O4S/c16-15-4-2-1-3-14(15)12-9-13(11-19)18(10-12)23(20,21)17-5-7-22-8-6-17/h1-4,12-13,19H,5-11H2. The topological polar surface area (TPSA) is 70.1 Å². The molecule has 6 nitrogen and oxygen atoms in total. The normalized spacial score (nSPS) is 27.4. The fourth-order valence-electron chi connectivity index (χ4n) is 3.29. The van der Waals surface area contributed by atoms with Gasteiger partial charge in [0.15, 0.2) is 0 Å². The third-order valence-corrected chi connectivity index (χ3v) is 6.57. The molecule has 2 aliphatic heterocycles. The predicted molar refractivity (Wildman–Crippen MR) is 82.6 cm³/mol. The monoisotopic (exact) mass is 344 g/mol. The highest BCUT2D eigenvalue weighted by Gasteiger charge is 2.43. The number of halogens is 1. The van der Waals surface area contributed by atoms with E-state index in [-0.39, 0.29) is 24.9 Å². The summed E-state index contributed by atoms with van der Waals surface area (Å²) in [6.07, 6.45) is 0.418. The van der Waals surface area contributed by atoms with Gasteiger partial charge < -0.3 is 9.84 Å². The molecule has 1 N–H and O–H groups in total. The fraction of sp³-hybridized carbons (Fsp3) is 0.600. The highest BCUT2D eigenvalue weighted by molar-refractivity contribution is 7.86. The Morgan fingerprint density at radius 1 is 1.26 bits per heavy atom. The summed E-state index contributed by atoms with van der Waals surface area (Å²) < 4.78 is 47.5. The molecule has 2 fully saturated rings. The smallest absolute Gasteiger partial charge is 0.282 e. The Bertz CT molecular complexity index is 649. The van der Waals surface area contributed by atoms with E-state index >= 15 is 0 Å². The van der Waals surface area contributed by atoms with E-state index in [2.05, 4.69) is 0 Å². The van der Waals surface area contributed by atoms with Gasteiger partial charge in [-0.05, 0) is 18.1 Å². The molecule has 0 saturated carbocycles. The summed E-state index contributed by atoms with van der Waals surface area (Å²) in [6.45, 7) is 1.27. The lowest BCUT2D eigenvalue weighted by atomic mass is 9.96. The molecule has 0 spiro atoms. The third kappa shape index (κ3) is 3.27. The SMILES string of the molecule is O=S(=O)(N1CCOCC1)N1CC(c2ccccc2F)CC1CO. The Kier molecular flexibility index (Phi) is 4.98. The van der Waals surface area contributed by atoms with E-state index in [9.17, 15) is 17.9 Å². The third-order valence-electron chi connectivity index (χ3n) is 4.51. The molecule has 0 amide bonds. The van der Waals surface area contributed by atoms with Crippen molar-refractivity contribution < 1.29 is 22.7 Å². The van der Waals surface area contributed by atoms with Crippen molar-refractivity contribution in [3.63, 3.8) is 0 Å². The van der Waals surface area contributed by atoms with Gasteiger partial charge in [-0.2, -0.15) is 17.0 Å². The fourth-order valence-corrected chi connectivity index (χ4v) is 5.10. The van der Waals surface area contributed by atoms with Crippen LogP contribution in [0.5, 0.6) is 0 Å². The Morgan fingerprint density at radius 3 is 2.61 bits per heavy atom. The number of aliphatic hydroxyl groups is 1. The molecule has 2 atom stereocenters. The van der Waals surface area contributed by atoms with Gasteiger partial charge in [-0.3, -0.25) is 0 Å². The highest BCUT2D eigenvalue weighted by Crippen LogP contribution is 2.35. The number of nitrogens with zero attached hydrogens (tertiary/aromatic N) is 2. The van der Waals surface area contributed by atoms with Crippen LogP contribution in [0.3, 0.4) is 0 Å². The average Bonchev–Trinajstić information content (AvgIpc) is 3.01. The lowest BCUT2D eigenvalue weighted by molar-refractivity contribution is 0.0691. The van der Waals surface area contributed by atoms with Crippen LogP contribution in [0.25, 0.3) is 0 Å². The van der Waals surface area contributed by atoms with Crippen LogP contribution in [0.4, 0.5) is 4.39 Å². The van der Waals surface area contributed by atoms with Crippen LogP contribution in [0.2, 0.25) is 0 Å². The van der Waals surface area contributed by atoms with Crippen molar-refractivity contribution in [2.24, 2.45) is 0 Å². The Labute approximate surface area is 135 Å². The Hall–Kier alpha value is -1.06. The number of ether oxygens (including phenoxy) is 1. The number of aliphatic hydroxyl groups excluding tert-OH is 1. The maximum atomic E-state index is 14.0. The predicted octanol–water partition coefficient (Wildman–Crippen LogP) is 0.553. The van der Waals surface area contributed by atoms with Crippen LogP contribution in [0.15, 0.2) is 24.3 Å². The van der Waals surface area contributed by atoms with Gasteiger partial charge in [0.2, 0.25) is 0 Å². The summed E-state index contributed by atoms with van der Waals surface area (Å²) in [7, 11) is -3.67. The summed E-state index contributed by atoms with van der Waals surface area (Å²) >= 11 is 0. The van der Waals surface area contributed by atoms with E-state index in [4.69, 9.17) is 4.74 Å². The quantitative estimate of drug-likeness (QED) is 0.866. The zero-order chi connectivity index (χ0) is 16.4. The molecule has 2 aliphatic rings. The second kappa shape index (κ2) is 6.82. The number of rotatable bonds is 4. The lowest BCUT2D eigenvalue weighted by Crippen LogP contribution is -2.50. The molecule has 0 aromatic heterocycles. The molecular weight excluding hydrogens is 323 g/mol.